The molecule has 1 atom stereocenters. The van der Waals surface area contributed by atoms with Gasteiger partial charge in [0.25, 0.3) is 0 Å². The molecule has 1 aliphatic heterocycles. The van der Waals surface area contributed by atoms with Crippen molar-refractivity contribution in [1.82, 2.24) is 10.6 Å². The molecule has 1 aromatic heterocycles. The van der Waals surface area contributed by atoms with E-state index in [2.05, 4.69) is 28.1 Å². The summed E-state index contributed by atoms with van der Waals surface area (Å²) in [6, 6.07) is 4.74. The summed E-state index contributed by atoms with van der Waals surface area (Å²) in [4.78, 5) is 13.8. The molecule has 3 rings (SSSR count). The number of thioether (sulfide) groups is 1. The van der Waals surface area contributed by atoms with Gasteiger partial charge >= 0.3 is 0 Å². The van der Waals surface area contributed by atoms with Crippen LogP contribution in [0.3, 0.4) is 0 Å². The lowest BCUT2D eigenvalue weighted by molar-refractivity contribution is -0.121. The number of carbonyl (C=O) groups excluding carboxylic acids is 1. The highest BCUT2D eigenvalue weighted by Gasteiger charge is 2.35. The predicted octanol–water partition coefficient (Wildman–Crippen LogP) is 3.16. The average Bonchev–Trinajstić information content (AvgIpc) is 3.10. The molecule has 1 unspecified atom stereocenters. The van der Waals surface area contributed by atoms with E-state index in [1.54, 1.807) is 0 Å². The van der Waals surface area contributed by atoms with Crippen molar-refractivity contribution in [3.05, 3.63) is 22.4 Å². The number of carbonyl (C=O) groups is 1. The highest BCUT2D eigenvalue weighted by atomic mass is 32.2. The highest BCUT2D eigenvalue weighted by molar-refractivity contribution is 7.99. The van der Waals surface area contributed by atoms with E-state index in [4.69, 9.17) is 0 Å². The van der Waals surface area contributed by atoms with Crippen molar-refractivity contribution >= 4 is 29.0 Å². The first-order valence-electron chi connectivity index (χ1n) is 8.40. The molecule has 2 N–H and O–H groups in total. The maximum absolute atomic E-state index is 12.3. The summed E-state index contributed by atoms with van der Waals surface area (Å²) in [5, 5.41) is 8.86. The third-order valence-corrected chi connectivity index (χ3v) is 7.16. The average molecular weight is 339 g/mol. The fourth-order valence-electron chi connectivity index (χ4n) is 3.63. The Balaban J connectivity index is 1.56. The molecule has 2 aliphatic rings. The Hall–Kier alpha value is -0.520. The van der Waals surface area contributed by atoms with Crippen molar-refractivity contribution in [2.75, 3.05) is 24.6 Å². The van der Waals surface area contributed by atoms with Crippen LogP contribution < -0.4 is 10.6 Å². The first-order valence-corrected chi connectivity index (χ1v) is 10.4. The smallest absolute Gasteiger partial charge is 0.221 e. The van der Waals surface area contributed by atoms with Crippen molar-refractivity contribution in [3.8, 4) is 0 Å². The standard InChI is InChI=1S/C17H26N2OS2/c20-16(11-14-12-21-10-8-18-14)19-13-17(6-2-1-3-7-17)15-5-4-9-22-15/h4-5,9,14,18H,1-3,6-8,10-13H2,(H,19,20). The van der Waals surface area contributed by atoms with Gasteiger partial charge in [0.1, 0.15) is 0 Å². The molecule has 1 aliphatic carbocycles. The van der Waals surface area contributed by atoms with E-state index >= 15 is 0 Å². The zero-order valence-electron chi connectivity index (χ0n) is 13.1. The minimum absolute atomic E-state index is 0.191. The Morgan fingerprint density at radius 1 is 1.36 bits per heavy atom. The molecule has 3 nitrogen and oxygen atoms in total. The number of nitrogens with one attached hydrogen (secondary N) is 2. The second-order valence-electron chi connectivity index (χ2n) is 6.53. The minimum Gasteiger partial charge on any atom is -0.355 e. The fourth-order valence-corrected chi connectivity index (χ4v) is 5.57. The molecule has 1 aromatic rings. The molecule has 1 saturated heterocycles. The lowest BCUT2D eigenvalue weighted by Gasteiger charge is -2.37. The second-order valence-corrected chi connectivity index (χ2v) is 8.62. The molecular weight excluding hydrogens is 312 g/mol. The summed E-state index contributed by atoms with van der Waals surface area (Å²) >= 11 is 3.80. The van der Waals surface area contributed by atoms with Crippen LogP contribution in [0.1, 0.15) is 43.4 Å². The van der Waals surface area contributed by atoms with Crippen molar-refractivity contribution in [3.63, 3.8) is 0 Å². The fraction of sp³-hybridized carbons (Fsp3) is 0.706. The zero-order chi connectivity index (χ0) is 15.3. The van der Waals surface area contributed by atoms with E-state index in [0.29, 0.717) is 12.5 Å². The van der Waals surface area contributed by atoms with E-state index in [0.717, 1.165) is 18.8 Å². The molecule has 2 fully saturated rings. The molecule has 0 bridgehead atoms. The molecule has 1 amide bonds. The first kappa shape index (κ1) is 16.3. The third kappa shape index (κ3) is 4.06. The SMILES string of the molecule is O=C(CC1CSCCN1)NCC1(c2cccs2)CCCCC1. The quantitative estimate of drug-likeness (QED) is 0.866. The summed E-state index contributed by atoms with van der Waals surface area (Å²) in [5.74, 6) is 2.44. The Kier molecular flexibility index (Phi) is 5.83. The molecule has 0 aromatic carbocycles. The van der Waals surface area contributed by atoms with Crippen LogP contribution in [0, 0.1) is 0 Å². The van der Waals surface area contributed by atoms with Gasteiger partial charge in [-0.2, -0.15) is 11.8 Å². The van der Waals surface area contributed by atoms with Gasteiger partial charge in [-0.1, -0.05) is 25.3 Å². The van der Waals surface area contributed by atoms with Gasteiger partial charge in [-0.3, -0.25) is 4.79 Å². The topological polar surface area (TPSA) is 41.1 Å². The molecule has 5 heteroatoms. The Morgan fingerprint density at radius 3 is 2.91 bits per heavy atom. The van der Waals surface area contributed by atoms with Gasteiger partial charge in [0.15, 0.2) is 0 Å². The number of hydrogen-bond acceptors (Lipinski definition) is 4. The monoisotopic (exact) mass is 338 g/mol. The molecule has 1 saturated carbocycles. The van der Waals surface area contributed by atoms with Crippen molar-refractivity contribution in [1.29, 1.82) is 0 Å². The second kappa shape index (κ2) is 7.84. The van der Waals surface area contributed by atoms with Crippen molar-refractivity contribution in [2.45, 2.75) is 50.0 Å². The molecule has 0 spiro atoms. The zero-order valence-corrected chi connectivity index (χ0v) is 14.7. The molecule has 122 valence electrons. The molecular formula is C17H26N2OS2. The van der Waals surface area contributed by atoms with Gasteiger partial charge in [-0.15, -0.1) is 11.3 Å². The van der Waals surface area contributed by atoms with E-state index in [-0.39, 0.29) is 11.3 Å². The van der Waals surface area contributed by atoms with Crippen LogP contribution in [0.25, 0.3) is 0 Å². The van der Waals surface area contributed by atoms with Gasteiger partial charge < -0.3 is 10.6 Å². The van der Waals surface area contributed by atoms with Crippen LogP contribution in [0.2, 0.25) is 0 Å². The van der Waals surface area contributed by atoms with E-state index < -0.39 is 0 Å². The largest absolute Gasteiger partial charge is 0.355 e. The number of hydrogen-bond donors (Lipinski definition) is 2. The highest BCUT2D eigenvalue weighted by Crippen LogP contribution is 2.41. The molecule has 22 heavy (non-hydrogen) atoms. The molecule has 2 heterocycles. The van der Waals surface area contributed by atoms with Gasteiger partial charge in [0, 0.05) is 47.4 Å². The van der Waals surface area contributed by atoms with Crippen LogP contribution in [0.15, 0.2) is 17.5 Å². The van der Waals surface area contributed by atoms with Crippen LogP contribution in [-0.2, 0) is 10.2 Å². The van der Waals surface area contributed by atoms with Crippen LogP contribution in [0.4, 0.5) is 0 Å². The van der Waals surface area contributed by atoms with Gasteiger partial charge in [-0.05, 0) is 24.3 Å². The van der Waals surface area contributed by atoms with E-state index in [1.165, 1.54) is 42.7 Å². The Morgan fingerprint density at radius 2 is 2.23 bits per heavy atom. The van der Waals surface area contributed by atoms with Crippen molar-refractivity contribution in [2.24, 2.45) is 0 Å². The normalized spacial score (nSPS) is 24.8. The maximum atomic E-state index is 12.3. The van der Waals surface area contributed by atoms with E-state index in [9.17, 15) is 4.79 Å². The third-order valence-electron chi connectivity index (χ3n) is 4.91. The van der Waals surface area contributed by atoms with Gasteiger partial charge in [0.2, 0.25) is 5.91 Å². The summed E-state index contributed by atoms with van der Waals surface area (Å²) in [6.07, 6.45) is 6.96. The van der Waals surface area contributed by atoms with Crippen molar-refractivity contribution < 1.29 is 4.79 Å². The van der Waals surface area contributed by atoms with E-state index in [1.807, 2.05) is 23.1 Å². The van der Waals surface area contributed by atoms with Crippen LogP contribution in [0.5, 0.6) is 0 Å². The lowest BCUT2D eigenvalue weighted by Crippen LogP contribution is -2.45. The number of thiophene rings is 1. The van der Waals surface area contributed by atoms with Crippen LogP contribution in [-0.4, -0.2) is 36.5 Å². The summed E-state index contributed by atoms with van der Waals surface area (Å²) in [6.45, 7) is 1.84. The van der Waals surface area contributed by atoms with Crippen LogP contribution >= 0.6 is 23.1 Å². The minimum atomic E-state index is 0.191. The summed E-state index contributed by atoms with van der Waals surface area (Å²) in [7, 11) is 0. The maximum Gasteiger partial charge on any atom is 0.221 e. The first-order chi connectivity index (χ1) is 10.8. The Labute approximate surface area is 141 Å². The molecule has 0 radical (unpaired) electrons. The predicted molar refractivity (Wildman–Crippen MR) is 95.8 cm³/mol. The summed E-state index contributed by atoms with van der Waals surface area (Å²) in [5.41, 5.74) is 0.191. The number of amides is 1. The summed E-state index contributed by atoms with van der Waals surface area (Å²) < 4.78 is 0. The van der Waals surface area contributed by atoms with Gasteiger partial charge in [0.05, 0.1) is 0 Å². The lowest BCUT2D eigenvalue weighted by atomic mass is 9.73. The Bertz CT molecular complexity index is 463. The van der Waals surface area contributed by atoms with Gasteiger partial charge in [-0.25, -0.2) is 0 Å². The number of rotatable bonds is 5.